The number of hydrogen-bond donors (Lipinski definition) is 1. The summed E-state index contributed by atoms with van der Waals surface area (Å²) in [5.74, 6) is -0.0888. The van der Waals surface area contributed by atoms with Crippen LogP contribution in [0.15, 0.2) is 53.4 Å². The number of sulfonamides is 1. The van der Waals surface area contributed by atoms with Crippen LogP contribution in [0.5, 0.6) is 5.88 Å². The summed E-state index contributed by atoms with van der Waals surface area (Å²) in [5.41, 5.74) is 3.27. The van der Waals surface area contributed by atoms with E-state index in [-0.39, 0.29) is 64.6 Å². The van der Waals surface area contributed by atoms with Crippen molar-refractivity contribution in [1.29, 1.82) is 0 Å². The molecule has 0 radical (unpaired) electrons. The maximum absolute atomic E-state index is 13.9. The molecule has 5 rings (SSSR count). The van der Waals surface area contributed by atoms with E-state index in [9.17, 15) is 18.0 Å². The Morgan fingerprint density at radius 3 is 2.40 bits per heavy atom. The molecule has 11 heteroatoms. The number of aryl methyl sites for hydroxylation is 2. The van der Waals surface area contributed by atoms with Crippen LogP contribution in [0.1, 0.15) is 68.9 Å². The van der Waals surface area contributed by atoms with Gasteiger partial charge in [-0.2, -0.15) is 4.98 Å². The number of hydrogen-bond acceptors (Lipinski definition) is 7. The monoisotopic (exact) mass is 633 g/mol. The zero-order chi connectivity index (χ0) is 32.7. The average molecular weight is 634 g/mol. The number of ether oxygens (including phenoxy) is 1. The van der Waals surface area contributed by atoms with Crippen LogP contribution in [0.25, 0.3) is 11.3 Å². The maximum Gasteiger partial charge on any atom is 0.264 e. The van der Waals surface area contributed by atoms with Crippen molar-refractivity contribution in [1.82, 2.24) is 19.8 Å². The highest BCUT2D eigenvalue weighted by Crippen LogP contribution is 2.32. The van der Waals surface area contributed by atoms with Gasteiger partial charge in [0.15, 0.2) is 0 Å². The van der Waals surface area contributed by atoms with Crippen molar-refractivity contribution in [2.75, 3.05) is 24.4 Å². The molecule has 0 saturated carbocycles. The summed E-state index contributed by atoms with van der Waals surface area (Å²) < 4.78 is 36.3. The molecule has 6 bridgehead atoms. The molecule has 1 saturated heterocycles. The van der Waals surface area contributed by atoms with Gasteiger partial charge in [-0.25, -0.2) is 18.1 Å². The third kappa shape index (κ3) is 7.30. The lowest BCUT2D eigenvalue weighted by Gasteiger charge is -2.37. The van der Waals surface area contributed by atoms with Crippen molar-refractivity contribution in [3.63, 3.8) is 0 Å². The van der Waals surface area contributed by atoms with Gasteiger partial charge in [0, 0.05) is 36.7 Å². The number of carbonyl (C=O) groups is 2. The highest BCUT2D eigenvalue weighted by atomic mass is 32.2. The van der Waals surface area contributed by atoms with Gasteiger partial charge in [0.1, 0.15) is 6.10 Å². The van der Waals surface area contributed by atoms with Crippen molar-refractivity contribution >= 4 is 27.8 Å². The Labute approximate surface area is 266 Å². The normalized spacial score (nSPS) is 19.9. The molecule has 45 heavy (non-hydrogen) atoms. The standard InChI is InChI=1S/C34H43N5O5S/c1-21(2)16-27-28-20-38(14-15-39(27)30(40)19-34(5,6)7)32(41)24-12-9-13-25(17-24)45(42,43)37-33-35-26(18-29(36-33)44-28)31-22(3)10-8-11-23(31)4/h8-13,17-18,21,27-28H,14-16,19-20H2,1-7H3,(H,35,36,37)/t27-,28+/m1/s1. The molecule has 2 aliphatic heterocycles. The van der Waals surface area contributed by atoms with Crippen LogP contribution in [-0.4, -0.2) is 71.8 Å². The third-order valence-electron chi connectivity index (χ3n) is 8.17. The maximum atomic E-state index is 13.9. The Balaban J connectivity index is 1.71. The van der Waals surface area contributed by atoms with Gasteiger partial charge < -0.3 is 14.5 Å². The second-order valence-corrected chi connectivity index (χ2v) is 15.4. The molecular weight excluding hydrogens is 590 g/mol. The first-order chi connectivity index (χ1) is 21.1. The lowest BCUT2D eigenvalue weighted by Crippen LogP contribution is -2.51. The fraction of sp³-hybridized carbons (Fsp3) is 0.471. The van der Waals surface area contributed by atoms with Crippen LogP contribution < -0.4 is 9.46 Å². The number of rotatable bonds is 4. The number of carbonyl (C=O) groups excluding carboxylic acids is 2. The van der Waals surface area contributed by atoms with Crippen LogP contribution in [0, 0.1) is 25.2 Å². The zero-order valence-corrected chi connectivity index (χ0v) is 27.9. The lowest BCUT2D eigenvalue weighted by atomic mass is 9.90. The number of nitrogens with one attached hydrogen (secondary N) is 1. The van der Waals surface area contributed by atoms with Gasteiger partial charge in [0.25, 0.3) is 15.9 Å². The fourth-order valence-corrected chi connectivity index (χ4v) is 7.13. The van der Waals surface area contributed by atoms with E-state index in [0.717, 1.165) is 16.7 Å². The Morgan fingerprint density at radius 2 is 1.73 bits per heavy atom. The second-order valence-electron chi connectivity index (χ2n) is 13.7. The molecule has 2 atom stereocenters. The summed E-state index contributed by atoms with van der Waals surface area (Å²) in [6.45, 7) is 15.0. The minimum absolute atomic E-state index is 0.00604. The van der Waals surface area contributed by atoms with Crippen LogP contribution in [-0.2, 0) is 14.8 Å². The summed E-state index contributed by atoms with van der Waals surface area (Å²) in [6.07, 6.45) is 0.351. The van der Waals surface area contributed by atoms with Crippen molar-refractivity contribution in [3.8, 4) is 17.1 Å². The summed E-state index contributed by atoms with van der Waals surface area (Å²) >= 11 is 0. The molecule has 1 fully saturated rings. The first kappa shape index (κ1) is 32.4. The van der Waals surface area contributed by atoms with Crippen LogP contribution in [0.4, 0.5) is 5.95 Å². The Hall–Kier alpha value is -3.99. The van der Waals surface area contributed by atoms with Gasteiger partial charge in [-0.05, 0) is 60.9 Å². The highest BCUT2D eigenvalue weighted by Gasteiger charge is 2.40. The topological polar surface area (TPSA) is 122 Å². The van der Waals surface area contributed by atoms with E-state index in [1.165, 1.54) is 12.1 Å². The molecule has 3 heterocycles. The lowest BCUT2D eigenvalue weighted by molar-refractivity contribution is -0.137. The number of amides is 2. The quantitative estimate of drug-likeness (QED) is 0.405. The average Bonchev–Trinajstić information content (AvgIpc) is 3.10. The molecule has 0 unspecified atom stereocenters. The molecule has 10 nitrogen and oxygen atoms in total. The van der Waals surface area contributed by atoms with E-state index >= 15 is 0 Å². The van der Waals surface area contributed by atoms with Gasteiger partial charge in [-0.3, -0.25) is 9.59 Å². The second kappa shape index (κ2) is 12.4. The Morgan fingerprint density at radius 1 is 1.04 bits per heavy atom. The van der Waals surface area contributed by atoms with Crippen LogP contribution in [0.2, 0.25) is 0 Å². The van der Waals surface area contributed by atoms with Crippen LogP contribution >= 0.6 is 0 Å². The molecule has 1 N–H and O–H groups in total. The van der Waals surface area contributed by atoms with Crippen molar-refractivity contribution in [2.45, 2.75) is 78.3 Å². The minimum Gasteiger partial charge on any atom is -0.470 e. The minimum atomic E-state index is -4.15. The summed E-state index contributed by atoms with van der Waals surface area (Å²) in [6, 6.07) is 13.2. The van der Waals surface area contributed by atoms with Crippen molar-refractivity contribution < 1.29 is 22.7 Å². The van der Waals surface area contributed by atoms with E-state index in [1.54, 1.807) is 23.1 Å². The highest BCUT2D eigenvalue weighted by molar-refractivity contribution is 7.92. The van der Waals surface area contributed by atoms with Gasteiger partial charge in [0.2, 0.25) is 17.7 Å². The van der Waals surface area contributed by atoms with E-state index < -0.39 is 16.1 Å². The Kier molecular flexibility index (Phi) is 8.95. The largest absolute Gasteiger partial charge is 0.470 e. The third-order valence-corrected chi connectivity index (χ3v) is 9.50. The SMILES string of the molecule is Cc1cccc(C)c1-c1cc2nc(n1)NS(=O)(=O)c1cccc(c1)C(=O)N1CCN(C(=O)CC(C)(C)C)[C@H](CC(C)C)[C@H](C1)O2. The molecule has 3 aromatic rings. The fourth-order valence-electron chi connectivity index (χ4n) is 6.14. The molecule has 1 aromatic heterocycles. The van der Waals surface area contributed by atoms with Gasteiger partial charge in [-0.1, -0.05) is 58.9 Å². The molecule has 2 aromatic carbocycles. The van der Waals surface area contributed by atoms with Crippen molar-refractivity contribution in [3.05, 3.63) is 65.2 Å². The smallest absolute Gasteiger partial charge is 0.264 e. The predicted molar refractivity (Wildman–Crippen MR) is 174 cm³/mol. The Bertz CT molecular complexity index is 1700. The van der Waals surface area contributed by atoms with Crippen LogP contribution in [0.3, 0.4) is 0 Å². The van der Waals surface area contributed by atoms with E-state index in [1.807, 2.05) is 57.7 Å². The van der Waals surface area contributed by atoms with Gasteiger partial charge in [-0.15, -0.1) is 0 Å². The molecule has 2 aliphatic rings. The zero-order valence-electron chi connectivity index (χ0n) is 27.1. The molecule has 2 amide bonds. The molecule has 0 aliphatic carbocycles. The predicted octanol–water partition coefficient (Wildman–Crippen LogP) is 5.46. The number of benzene rings is 2. The number of fused-ring (bicyclic) bond motifs is 6. The van der Waals surface area contributed by atoms with E-state index in [4.69, 9.17) is 4.74 Å². The summed E-state index contributed by atoms with van der Waals surface area (Å²) in [5, 5.41) is 0. The van der Waals surface area contributed by atoms with Gasteiger partial charge in [0.05, 0.1) is 23.2 Å². The first-order valence-corrected chi connectivity index (χ1v) is 16.9. The van der Waals surface area contributed by atoms with E-state index in [2.05, 4.69) is 28.5 Å². The number of nitrogens with zero attached hydrogens (tertiary/aromatic N) is 4. The number of aromatic nitrogens is 2. The first-order valence-electron chi connectivity index (χ1n) is 15.5. The molecule has 0 spiro atoms. The summed E-state index contributed by atoms with van der Waals surface area (Å²) in [4.78, 5) is 40.4. The number of anilines is 1. The molecular formula is C34H43N5O5S. The van der Waals surface area contributed by atoms with E-state index in [0.29, 0.717) is 25.1 Å². The molecule has 240 valence electrons. The van der Waals surface area contributed by atoms with Crippen molar-refractivity contribution in [2.24, 2.45) is 11.3 Å². The summed E-state index contributed by atoms with van der Waals surface area (Å²) in [7, 11) is -4.15. The van der Waals surface area contributed by atoms with Gasteiger partial charge >= 0.3 is 0 Å².